The highest BCUT2D eigenvalue weighted by Gasteiger charge is 2.31. The monoisotopic (exact) mass is 360 g/mol. The first-order valence-corrected chi connectivity index (χ1v) is 9.21. The Labute approximate surface area is 153 Å². The molecule has 1 saturated carbocycles. The van der Waals surface area contributed by atoms with Gasteiger partial charge in [-0.15, -0.1) is 0 Å². The zero-order valence-electron chi connectivity index (χ0n) is 14.6. The van der Waals surface area contributed by atoms with Crippen molar-refractivity contribution in [1.82, 2.24) is 10.6 Å². The summed E-state index contributed by atoms with van der Waals surface area (Å²) in [4.78, 5) is 12.4. The minimum absolute atomic E-state index is 0.291. The van der Waals surface area contributed by atoms with Crippen LogP contribution in [0, 0.1) is 0 Å². The maximum Gasteiger partial charge on any atom is 0.338 e. The van der Waals surface area contributed by atoms with E-state index in [-0.39, 0.29) is 12.0 Å². The first-order valence-electron chi connectivity index (χ1n) is 8.80. The summed E-state index contributed by atoms with van der Waals surface area (Å²) in [7, 11) is 0. The van der Waals surface area contributed by atoms with Gasteiger partial charge in [-0.2, -0.15) is 0 Å². The Morgan fingerprint density at radius 3 is 2.80 bits per heavy atom. The lowest BCUT2D eigenvalue weighted by molar-refractivity contribution is -0.139. The number of rotatable bonds is 5. The van der Waals surface area contributed by atoms with Crippen molar-refractivity contribution in [3.8, 4) is 5.75 Å². The quantitative estimate of drug-likeness (QED) is 0.620. The average Bonchev–Trinajstić information content (AvgIpc) is 3.07. The molecule has 134 valence electrons. The topological polar surface area (TPSA) is 59.6 Å². The molecular weight excluding hydrogens is 336 g/mol. The lowest BCUT2D eigenvalue weighted by atomic mass is 9.95. The number of ether oxygens (including phenoxy) is 2. The number of esters is 1. The van der Waals surface area contributed by atoms with Gasteiger partial charge >= 0.3 is 5.97 Å². The van der Waals surface area contributed by atoms with Crippen LogP contribution >= 0.6 is 12.2 Å². The van der Waals surface area contributed by atoms with E-state index in [4.69, 9.17) is 21.7 Å². The second kappa shape index (κ2) is 7.87. The Morgan fingerprint density at radius 1 is 1.32 bits per heavy atom. The predicted octanol–water partition coefficient (Wildman–Crippen LogP) is 3.36. The minimum Gasteiger partial charge on any atom is -0.490 e. The van der Waals surface area contributed by atoms with Crippen molar-refractivity contribution < 1.29 is 14.3 Å². The highest BCUT2D eigenvalue weighted by Crippen LogP contribution is 2.31. The summed E-state index contributed by atoms with van der Waals surface area (Å²) < 4.78 is 11.3. The number of thiocarbonyl (C=S) groups is 1. The summed E-state index contributed by atoms with van der Waals surface area (Å²) in [6.07, 6.45) is 4.95. The number of carbonyl (C=O) groups is 1. The van der Waals surface area contributed by atoms with E-state index in [1.165, 1.54) is 12.8 Å². The first kappa shape index (κ1) is 17.7. The fraction of sp³-hybridized carbons (Fsp3) is 0.474. The summed E-state index contributed by atoms with van der Waals surface area (Å²) >= 11 is 5.27. The molecule has 1 atom stereocenters. The maximum absolute atomic E-state index is 12.4. The Morgan fingerprint density at radius 2 is 2.08 bits per heavy atom. The minimum atomic E-state index is -0.347. The van der Waals surface area contributed by atoms with E-state index in [0.717, 1.165) is 24.2 Å². The SMILES string of the molecule is CCOC(=O)C1=C(C)NC(=S)NC1c1cccc(OC2CCCC2)c1. The lowest BCUT2D eigenvalue weighted by Crippen LogP contribution is -2.45. The molecule has 1 fully saturated rings. The van der Waals surface area contributed by atoms with E-state index < -0.39 is 0 Å². The molecule has 3 rings (SSSR count). The van der Waals surface area contributed by atoms with Gasteiger partial charge in [-0.1, -0.05) is 12.1 Å². The van der Waals surface area contributed by atoms with Crippen LogP contribution in [-0.2, 0) is 9.53 Å². The second-order valence-corrected chi connectivity index (χ2v) is 6.80. The van der Waals surface area contributed by atoms with Gasteiger partial charge in [-0.25, -0.2) is 4.79 Å². The normalized spacial score (nSPS) is 20.9. The third-order valence-corrected chi connectivity index (χ3v) is 4.78. The fourth-order valence-electron chi connectivity index (χ4n) is 3.39. The van der Waals surface area contributed by atoms with Crippen LogP contribution in [-0.4, -0.2) is 23.8 Å². The third kappa shape index (κ3) is 4.12. The van der Waals surface area contributed by atoms with E-state index in [0.29, 0.717) is 29.1 Å². The largest absolute Gasteiger partial charge is 0.490 e. The van der Waals surface area contributed by atoms with Gasteiger partial charge in [0.05, 0.1) is 24.3 Å². The molecule has 0 saturated heterocycles. The summed E-state index contributed by atoms with van der Waals surface area (Å²) in [5.74, 6) is 0.492. The summed E-state index contributed by atoms with van der Waals surface area (Å²) in [6.45, 7) is 3.97. The zero-order valence-corrected chi connectivity index (χ0v) is 15.4. The van der Waals surface area contributed by atoms with Crippen LogP contribution in [0.3, 0.4) is 0 Å². The summed E-state index contributed by atoms with van der Waals surface area (Å²) in [5, 5.41) is 6.69. The molecule has 2 N–H and O–H groups in total. The van der Waals surface area contributed by atoms with Crippen LogP contribution < -0.4 is 15.4 Å². The van der Waals surface area contributed by atoms with Crippen molar-refractivity contribution in [2.45, 2.75) is 51.7 Å². The molecule has 5 nitrogen and oxygen atoms in total. The Bertz CT molecular complexity index is 696. The molecule has 6 heteroatoms. The fourth-order valence-corrected chi connectivity index (χ4v) is 3.66. The van der Waals surface area contributed by atoms with Crippen LogP contribution in [0.4, 0.5) is 0 Å². The van der Waals surface area contributed by atoms with Crippen LogP contribution in [0.5, 0.6) is 5.75 Å². The summed E-state index contributed by atoms with van der Waals surface area (Å²) in [6, 6.07) is 7.52. The molecule has 1 aliphatic heterocycles. The molecule has 0 aromatic heterocycles. The zero-order chi connectivity index (χ0) is 17.8. The molecule has 1 heterocycles. The number of allylic oxidation sites excluding steroid dienone is 1. The molecule has 0 radical (unpaired) electrons. The van der Waals surface area contributed by atoms with Gasteiger partial charge < -0.3 is 20.1 Å². The van der Waals surface area contributed by atoms with Crippen LogP contribution in [0.25, 0.3) is 0 Å². The number of hydrogen-bond acceptors (Lipinski definition) is 4. The number of nitrogens with one attached hydrogen (secondary N) is 2. The Kier molecular flexibility index (Phi) is 5.58. The standard InChI is InChI=1S/C19H24N2O3S/c1-3-23-18(22)16-12(2)20-19(25)21-17(16)13-7-6-10-15(11-13)24-14-8-4-5-9-14/h6-7,10-11,14,17H,3-5,8-9H2,1-2H3,(H2,20,21,25). The Hall–Kier alpha value is -2.08. The van der Waals surface area contributed by atoms with Gasteiger partial charge in [0, 0.05) is 5.70 Å². The number of hydrogen-bond donors (Lipinski definition) is 2. The van der Waals surface area contributed by atoms with Crippen molar-refractivity contribution in [2.24, 2.45) is 0 Å². The second-order valence-electron chi connectivity index (χ2n) is 6.39. The van der Waals surface area contributed by atoms with Gasteiger partial charge in [0.15, 0.2) is 5.11 Å². The number of benzene rings is 1. The van der Waals surface area contributed by atoms with Gasteiger partial charge in [0.2, 0.25) is 0 Å². The van der Waals surface area contributed by atoms with Gasteiger partial charge in [0.25, 0.3) is 0 Å². The maximum atomic E-state index is 12.4. The molecule has 1 unspecified atom stereocenters. The van der Waals surface area contributed by atoms with Gasteiger partial charge in [-0.3, -0.25) is 0 Å². The predicted molar refractivity (Wildman–Crippen MR) is 100 cm³/mol. The lowest BCUT2D eigenvalue weighted by Gasteiger charge is -2.30. The van der Waals surface area contributed by atoms with Gasteiger partial charge in [-0.05, 0) is 69.4 Å². The molecule has 1 aliphatic carbocycles. The van der Waals surface area contributed by atoms with Crippen molar-refractivity contribution in [3.05, 3.63) is 41.1 Å². The van der Waals surface area contributed by atoms with Crippen molar-refractivity contribution in [2.75, 3.05) is 6.61 Å². The molecule has 1 aromatic rings. The number of carbonyl (C=O) groups excluding carboxylic acids is 1. The van der Waals surface area contributed by atoms with E-state index in [1.54, 1.807) is 6.92 Å². The first-order chi connectivity index (χ1) is 12.1. The molecule has 0 spiro atoms. The van der Waals surface area contributed by atoms with E-state index in [2.05, 4.69) is 10.6 Å². The van der Waals surface area contributed by atoms with Gasteiger partial charge in [0.1, 0.15) is 5.75 Å². The molecule has 25 heavy (non-hydrogen) atoms. The van der Waals surface area contributed by atoms with Crippen LogP contribution in [0.2, 0.25) is 0 Å². The molecule has 0 bridgehead atoms. The van der Waals surface area contributed by atoms with Crippen molar-refractivity contribution >= 4 is 23.3 Å². The van der Waals surface area contributed by atoms with Crippen molar-refractivity contribution in [1.29, 1.82) is 0 Å². The highest BCUT2D eigenvalue weighted by atomic mass is 32.1. The highest BCUT2D eigenvalue weighted by molar-refractivity contribution is 7.80. The Balaban J connectivity index is 1.88. The van der Waals surface area contributed by atoms with E-state index in [1.807, 2.05) is 31.2 Å². The molecule has 1 aromatic carbocycles. The van der Waals surface area contributed by atoms with E-state index in [9.17, 15) is 4.79 Å². The van der Waals surface area contributed by atoms with E-state index >= 15 is 0 Å². The van der Waals surface area contributed by atoms with Crippen LogP contribution in [0.15, 0.2) is 35.5 Å². The van der Waals surface area contributed by atoms with Crippen LogP contribution in [0.1, 0.15) is 51.1 Å². The molecule has 2 aliphatic rings. The molecular formula is C19H24N2O3S. The summed E-state index contributed by atoms with van der Waals surface area (Å²) in [5.41, 5.74) is 2.20. The van der Waals surface area contributed by atoms with Crippen molar-refractivity contribution in [3.63, 3.8) is 0 Å². The average molecular weight is 360 g/mol. The molecule has 0 amide bonds. The third-order valence-electron chi connectivity index (χ3n) is 4.56. The smallest absolute Gasteiger partial charge is 0.338 e.